The lowest BCUT2D eigenvalue weighted by atomic mass is 10.1. The molecule has 1 aromatic carbocycles. The zero-order chi connectivity index (χ0) is 27.0. The van der Waals surface area contributed by atoms with Crippen molar-refractivity contribution < 1.29 is 32.9 Å². The number of pyridine rings is 1. The summed E-state index contributed by atoms with van der Waals surface area (Å²) in [6.07, 6.45) is 5.95. The average Bonchev–Trinajstić information content (AvgIpc) is 3.38. The number of sulfonamides is 1. The van der Waals surface area contributed by atoms with Crippen molar-refractivity contribution in [1.82, 2.24) is 9.29 Å². The molecule has 14 heteroatoms. The van der Waals surface area contributed by atoms with Crippen LogP contribution in [0.2, 0.25) is 5.02 Å². The van der Waals surface area contributed by atoms with Crippen molar-refractivity contribution in [3.63, 3.8) is 0 Å². The van der Waals surface area contributed by atoms with Crippen LogP contribution in [-0.4, -0.2) is 72.1 Å². The molecule has 37 heavy (non-hydrogen) atoms. The van der Waals surface area contributed by atoms with E-state index in [4.69, 9.17) is 47.5 Å². The first-order valence-corrected chi connectivity index (χ1v) is 13.8. The van der Waals surface area contributed by atoms with Crippen LogP contribution < -0.4 is 11.5 Å². The van der Waals surface area contributed by atoms with Gasteiger partial charge in [-0.05, 0) is 44.2 Å². The summed E-state index contributed by atoms with van der Waals surface area (Å²) in [4.78, 5) is 16.9. The summed E-state index contributed by atoms with van der Waals surface area (Å²) in [7, 11) is -3.81. The predicted molar refractivity (Wildman–Crippen MR) is 139 cm³/mol. The Bertz CT molecular complexity index is 1210. The Labute approximate surface area is 220 Å². The van der Waals surface area contributed by atoms with Crippen LogP contribution in [-0.2, 0) is 19.5 Å². The molecule has 6 N–H and O–H groups in total. The van der Waals surface area contributed by atoms with Crippen molar-refractivity contribution in [1.29, 1.82) is 0 Å². The average molecular weight is 558 g/mol. The molecule has 0 amide bonds. The van der Waals surface area contributed by atoms with Crippen molar-refractivity contribution in [2.75, 3.05) is 19.8 Å². The van der Waals surface area contributed by atoms with Gasteiger partial charge in [0.1, 0.15) is 0 Å². The number of aliphatic imine (C=N–C) groups is 1. The number of benzene rings is 1. The second-order valence-corrected chi connectivity index (χ2v) is 11.0. The largest absolute Gasteiger partial charge is 0.503 e. The quantitative estimate of drug-likeness (QED) is 0.276. The number of fused-ring (bicyclic) bond motifs is 1. The summed E-state index contributed by atoms with van der Waals surface area (Å²) < 4.78 is 40.6. The number of nitrogens with two attached hydrogens (primary N) is 2. The second kappa shape index (κ2) is 13.2. The van der Waals surface area contributed by atoms with Gasteiger partial charge in [0.25, 0.3) is 0 Å². The van der Waals surface area contributed by atoms with Crippen molar-refractivity contribution in [2.45, 2.75) is 62.2 Å². The number of aromatic nitrogens is 1. The van der Waals surface area contributed by atoms with Gasteiger partial charge in [-0.3, -0.25) is 0 Å². The molecule has 2 aliphatic rings. The summed E-state index contributed by atoms with van der Waals surface area (Å²) in [5.41, 5.74) is 11.1. The molecule has 204 valence electrons. The van der Waals surface area contributed by atoms with E-state index < -0.39 is 16.2 Å². The van der Waals surface area contributed by atoms with Gasteiger partial charge in [0.05, 0.1) is 16.5 Å². The Morgan fingerprint density at radius 1 is 1.16 bits per heavy atom. The van der Waals surface area contributed by atoms with Gasteiger partial charge < -0.3 is 31.2 Å². The van der Waals surface area contributed by atoms with E-state index in [0.717, 1.165) is 44.9 Å². The van der Waals surface area contributed by atoms with Gasteiger partial charge in [0, 0.05) is 36.2 Å². The van der Waals surface area contributed by atoms with Gasteiger partial charge in [-0.1, -0.05) is 30.5 Å². The molecular weight excluding hydrogens is 526 g/mol. The Morgan fingerprint density at radius 2 is 1.84 bits per heavy atom. The summed E-state index contributed by atoms with van der Waals surface area (Å²) in [6.45, 7) is 1.22. The summed E-state index contributed by atoms with van der Waals surface area (Å²) >= 11 is 6.28. The Morgan fingerprint density at radius 3 is 2.46 bits per heavy atom. The Hall–Kier alpha value is -2.71. The summed E-state index contributed by atoms with van der Waals surface area (Å²) in [5, 5.41) is 15.4. The van der Waals surface area contributed by atoms with E-state index in [1.807, 2.05) is 0 Å². The molecule has 2 aromatic rings. The Balaban J connectivity index is 0.000000886. The van der Waals surface area contributed by atoms with Gasteiger partial charge >= 0.3 is 6.16 Å². The Kier molecular flexibility index (Phi) is 10.3. The van der Waals surface area contributed by atoms with Crippen LogP contribution in [0.4, 0.5) is 10.6 Å². The first kappa shape index (κ1) is 28.9. The minimum Gasteiger partial charge on any atom is -0.450 e. The molecule has 1 aliphatic heterocycles. The molecule has 0 bridgehead atoms. The topological polar surface area (TPSA) is 191 Å². The van der Waals surface area contributed by atoms with Gasteiger partial charge in [0.2, 0.25) is 10.0 Å². The lowest BCUT2D eigenvalue weighted by molar-refractivity contribution is -0.163. The van der Waals surface area contributed by atoms with Crippen LogP contribution in [0, 0.1) is 0 Å². The molecule has 1 saturated carbocycles. The maximum atomic E-state index is 13.8. The lowest BCUT2D eigenvalue weighted by Gasteiger charge is -2.29. The second-order valence-electron chi connectivity index (χ2n) is 8.68. The number of guanidine groups is 1. The number of rotatable bonds is 8. The van der Waals surface area contributed by atoms with Crippen LogP contribution >= 0.6 is 11.6 Å². The first-order valence-electron chi connectivity index (χ1n) is 11.9. The third-order valence-corrected chi connectivity index (χ3v) is 8.37. The molecule has 12 nitrogen and oxygen atoms in total. The van der Waals surface area contributed by atoms with Crippen molar-refractivity contribution >= 4 is 50.3 Å². The molecule has 1 atom stereocenters. The SMILES string of the molecule is NC(N)=Nc1ncc(Cl)c2ccc(S(=O)(=O)N(CCOC3CCCCO3)C3CCCC3)cc12.O=C(O)O. The highest BCUT2D eigenvalue weighted by molar-refractivity contribution is 7.89. The third kappa shape index (κ3) is 7.89. The normalized spacial score (nSPS) is 18.4. The summed E-state index contributed by atoms with van der Waals surface area (Å²) in [5.74, 6) is 0.0469. The molecule has 4 rings (SSSR count). The van der Waals surface area contributed by atoms with Crippen LogP contribution in [0.1, 0.15) is 44.9 Å². The zero-order valence-electron chi connectivity index (χ0n) is 20.3. The molecule has 0 spiro atoms. The lowest BCUT2D eigenvalue weighted by Crippen LogP contribution is -2.41. The smallest absolute Gasteiger partial charge is 0.450 e. The molecule has 1 saturated heterocycles. The number of ether oxygens (including phenoxy) is 2. The fourth-order valence-corrected chi connectivity index (χ4v) is 6.40. The van der Waals surface area contributed by atoms with E-state index in [2.05, 4.69) is 9.98 Å². The van der Waals surface area contributed by atoms with E-state index >= 15 is 0 Å². The van der Waals surface area contributed by atoms with Crippen LogP contribution in [0.5, 0.6) is 0 Å². The zero-order valence-corrected chi connectivity index (χ0v) is 21.8. The fourth-order valence-electron chi connectivity index (χ4n) is 4.49. The van der Waals surface area contributed by atoms with Crippen molar-refractivity contribution in [3.05, 3.63) is 29.4 Å². The van der Waals surface area contributed by atoms with Gasteiger partial charge in [0.15, 0.2) is 18.1 Å². The highest BCUT2D eigenvalue weighted by atomic mass is 35.5. The van der Waals surface area contributed by atoms with Gasteiger partial charge in [-0.2, -0.15) is 9.30 Å². The number of carboxylic acid groups (broad SMARTS) is 2. The number of hydrogen-bond acceptors (Lipinski definition) is 7. The first-order chi connectivity index (χ1) is 17.6. The molecule has 1 aromatic heterocycles. The number of hydrogen-bond donors (Lipinski definition) is 4. The standard InChI is InChI=1S/C22H30ClN5O4S.CH2O3/c23-19-14-26-21(27-22(24)25)18-13-16(8-9-17(18)19)33(29,30)28(15-5-1-2-6-15)10-12-32-20-7-3-4-11-31-20;2-1(3)4/h8-9,13-15,20H,1-7,10-12H2,(H4,24,25,26,27);(H2,2,3,4). The minimum absolute atomic E-state index is 0.0590. The highest BCUT2D eigenvalue weighted by Crippen LogP contribution is 2.34. The van der Waals surface area contributed by atoms with Gasteiger partial charge in [-0.15, -0.1) is 0 Å². The van der Waals surface area contributed by atoms with E-state index in [1.165, 1.54) is 6.20 Å². The van der Waals surface area contributed by atoms with E-state index in [0.29, 0.717) is 22.4 Å². The molecule has 2 fully saturated rings. The number of halogens is 1. The molecule has 0 radical (unpaired) electrons. The van der Waals surface area contributed by atoms with Crippen LogP contribution in [0.3, 0.4) is 0 Å². The van der Waals surface area contributed by atoms with E-state index in [-0.39, 0.29) is 42.2 Å². The fraction of sp³-hybridized carbons (Fsp3) is 0.522. The molecule has 1 unspecified atom stereocenters. The highest BCUT2D eigenvalue weighted by Gasteiger charge is 2.33. The molecular formula is C23H32ClN5O7S. The molecule has 2 heterocycles. The minimum atomic E-state index is -3.81. The van der Waals surface area contributed by atoms with Crippen LogP contribution in [0.15, 0.2) is 34.3 Å². The third-order valence-electron chi connectivity index (χ3n) is 6.12. The number of carbonyl (C=O) groups is 1. The molecule has 1 aliphatic carbocycles. The summed E-state index contributed by atoms with van der Waals surface area (Å²) in [6, 6.07) is 4.71. The predicted octanol–water partition coefficient (Wildman–Crippen LogP) is 3.49. The van der Waals surface area contributed by atoms with Crippen LogP contribution in [0.25, 0.3) is 10.8 Å². The van der Waals surface area contributed by atoms with Crippen molar-refractivity contribution in [3.8, 4) is 0 Å². The van der Waals surface area contributed by atoms with E-state index in [1.54, 1.807) is 22.5 Å². The van der Waals surface area contributed by atoms with Crippen molar-refractivity contribution in [2.24, 2.45) is 16.5 Å². The number of nitrogens with zero attached hydrogens (tertiary/aromatic N) is 3. The monoisotopic (exact) mass is 557 g/mol. The van der Waals surface area contributed by atoms with E-state index in [9.17, 15) is 8.42 Å². The van der Waals surface area contributed by atoms with Gasteiger partial charge in [-0.25, -0.2) is 18.2 Å². The maximum Gasteiger partial charge on any atom is 0.503 e. The maximum absolute atomic E-state index is 13.8.